The van der Waals surface area contributed by atoms with Crippen LogP contribution in [0.2, 0.25) is 0 Å². The number of rotatable bonds is 4. The molecule has 0 aromatic heterocycles. The SMILES string of the molecule is CC1CCCC(C)N1C(=O)c1ccccc1NS(=O)(=O)c1ccc(F)cc1. The quantitative estimate of drug-likeness (QED) is 0.857. The molecule has 1 aliphatic heterocycles. The molecule has 2 aromatic rings. The average Bonchev–Trinajstić information content (AvgIpc) is 2.62. The average molecular weight is 390 g/mol. The van der Waals surface area contributed by atoms with E-state index in [4.69, 9.17) is 0 Å². The standard InChI is InChI=1S/C20H23FN2O3S/c1-14-6-5-7-15(2)23(14)20(24)18-8-3-4-9-19(18)22-27(25,26)17-12-10-16(21)11-13-17/h3-4,8-15,22H,5-7H2,1-2H3. The van der Waals surface area contributed by atoms with E-state index in [-0.39, 0.29) is 28.6 Å². The predicted octanol–water partition coefficient (Wildman–Crippen LogP) is 4.03. The summed E-state index contributed by atoms with van der Waals surface area (Å²) >= 11 is 0. The van der Waals surface area contributed by atoms with Crippen molar-refractivity contribution in [3.63, 3.8) is 0 Å². The molecule has 0 saturated carbocycles. The Morgan fingerprint density at radius 1 is 1.04 bits per heavy atom. The Hall–Kier alpha value is -2.41. The molecule has 2 unspecified atom stereocenters. The normalized spacial score (nSPS) is 20.3. The van der Waals surface area contributed by atoms with Crippen LogP contribution in [0.3, 0.4) is 0 Å². The molecule has 1 saturated heterocycles. The van der Waals surface area contributed by atoms with Gasteiger partial charge in [0.25, 0.3) is 15.9 Å². The first-order valence-electron chi connectivity index (χ1n) is 8.99. The monoisotopic (exact) mass is 390 g/mol. The third-order valence-electron chi connectivity index (χ3n) is 4.95. The van der Waals surface area contributed by atoms with Crippen molar-refractivity contribution in [2.75, 3.05) is 4.72 Å². The number of hydrogen-bond donors (Lipinski definition) is 1. The summed E-state index contributed by atoms with van der Waals surface area (Å²) in [4.78, 5) is 14.9. The van der Waals surface area contributed by atoms with Gasteiger partial charge in [-0.15, -0.1) is 0 Å². The summed E-state index contributed by atoms with van der Waals surface area (Å²) < 4.78 is 40.8. The number of carbonyl (C=O) groups is 1. The number of nitrogens with one attached hydrogen (secondary N) is 1. The molecule has 5 nitrogen and oxygen atoms in total. The molecule has 0 radical (unpaired) electrons. The van der Waals surface area contributed by atoms with E-state index >= 15 is 0 Å². The van der Waals surface area contributed by atoms with Crippen LogP contribution in [0.4, 0.5) is 10.1 Å². The summed E-state index contributed by atoms with van der Waals surface area (Å²) in [7, 11) is -3.93. The fourth-order valence-corrected chi connectivity index (χ4v) is 4.62. The third-order valence-corrected chi connectivity index (χ3v) is 6.34. The van der Waals surface area contributed by atoms with Gasteiger partial charge in [0, 0.05) is 12.1 Å². The molecule has 144 valence electrons. The van der Waals surface area contributed by atoms with Gasteiger partial charge in [0.05, 0.1) is 16.1 Å². The lowest BCUT2D eigenvalue weighted by Crippen LogP contribution is -2.47. The van der Waals surface area contributed by atoms with Crippen LogP contribution in [0.5, 0.6) is 0 Å². The van der Waals surface area contributed by atoms with Crippen LogP contribution in [0.15, 0.2) is 53.4 Å². The second-order valence-electron chi connectivity index (χ2n) is 6.95. The van der Waals surface area contributed by atoms with Gasteiger partial charge in [0.2, 0.25) is 0 Å². The van der Waals surface area contributed by atoms with E-state index in [9.17, 15) is 17.6 Å². The number of amides is 1. The van der Waals surface area contributed by atoms with E-state index in [2.05, 4.69) is 4.72 Å². The lowest BCUT2D eigenvalue weighted by molar-refractivity contribution is 0.0512. The molecule has 0 aliphatic carbocycles. The first kappa shape index (κ1) is 19.4. The summed E-state index contributed by atoms with van der Waals surface area (Å²) in [6, 6.07) is 11.3. The fraction of sp³-hybridized carbons (Fsp3) is 0.350. The summed E-state index contributed by atoms with van der Waals surface area (Å²) in [5.74, 6) is -0.704. The van der Waals surface area contributed by atoms with E-state index in [0.717, 1.165) is 31.4 Å². The molecule has 2 aromatic carbocycles. The number of sulfonamides is 1. The van der Waals surface area contributed by atoms with Gasteiger partial charge < -0.3 is 4.90 Å². The van der Waals surface area contributed by atoms with Crippen LogP contribution in [-0.2, 0) is 10.0 Å². The second kappa shape index (κ2) is 7.68. The fourth-order valence-electron chi connectivity index (χ4n) is 3.54. The number of likely N-dealkylation sites (tertiary alicyclic amines) is 1. The third kappa shape index (κ3) is 4.13. The molecular formula is C20H23FN2O3S. The highest BCUT2D eigenvalue weighted by Gasteiger charge is 2.31. The van der Waals surface area contributed by atoms with Gasteiger partial charge in [-0.05, 0) is 69.5 Å². The van der Waals surface area contributed by atoms with Crippen molar-refractivity contribution < 1.29 is 17.6 Å². The van der Waals surface area contributed by atoms with E-state index in [1.54, 1.807) is 24.3 Å². The van der Waals surface area contributed by atoms with Crippen LogP contribution in [0.25, 0.3) is 0 Å². The van der Waals surface area contributed by atoms with Crippen molar-refractivity contribution in [3.8, 4) is 0 Å². The predicted molar refractivity (Wildman–Crippen MR) is 103 cm³/mol. The highest BCUT2D eigenvalue weighted by atomic mass is 32.2. The van der Waals surface area contributed by atoms with Crippen molar-refractivity contribution in [2.24, 2.45) is 0 Å². The van der Waals surface area contributed by atoms with Gasteiger partial charge in [-0.25, -0.2) is 12.8 Å². The lowest BCUT2D eigenvalue weighted by Gasteiger charge is -2.39. The van der Waals surface area contributed by atoms with Crippen molar-refractivity contribution in [1.29, 1.82) is 0 Å². The van der Waals surface area contributed by atoms with Crippen molar-refractivity contribution in [2.45, 2.75) is 50.1 Å². The molecule has 2 atom stereocenters. The lowest BCUT2D eigenvalue weighted by atomic mass is 9.96. The van der Waals surface area contributed by atoms with Gasteiger partial charge in [-0.2, -0.15) is 0 Å². The zero-order chi connectivity index (χ0) is 19.6. The molecule has 27 heavy (non-hydrogen) atoms. The Bertz CT molecular complexity index is 918. The van der Waals surface area contributed by atoms with Crippen LogP contribution in [-0.4, -0.2) is 31.3 Å². The van der Waals surface area contributed by atoms with E-state index < -0.39 is 15.8 Å². The molecule has 0 bridgehead atoms. The molecule has 1 heterocycles. The summed E-state index contributed by atoms with van der Waals surface area (Å²) in [5.41, 5.74) is 0.528. The number of piperidine rings is 1. The summed E-state index contributed by atoms with van der Waals surface area (Å²) in [5, 5.41) is 0. The number of carbonyl (C=O) groups excluding carboxylic acids is 1. The second-order valence-corrected chi connectivity index (χ2v) is 8.63. The Labute approximate surface area is 159 Å². The maximum Gasteiger partial charge on any atom is 0.261 e. The number of hydrogen-bond acceptors (Lipinski definition) is 3. The topological polar surface area (TPSA) is 66.5 Å². The summed E-state index contributed by atoms with van der Waals surface area (Å²) in [6.07, 6.45) is 2.93. The molecule has 1 N–H and O–H groups in total. The number of nitrogens with zero attached hydrogens (tertiary/aromatic N) is 1. The van der Waals surface area contributed by atoms with E-state index in [1.165, 1.54) is 12.1 Å². The zero-order valence-electron chi connectivity index (χ0n) is 15.4. The van der Waals surface area contributed by atoms with Crippen LogP contribution in [0.1, 0.15) is 43.5 Å². The zero-order valence-corrected chi connectivity index (χ0v) is 16.2. The maximum atomic E-state index is 13.1. The van der Waals surface area contributed by atoms with Crippen molar-refractivity contribution >= 4 is 21.6 Å². The maximum absolute atomic E-state index is 13.1. The van der Waals surface area contributed by atoms with Crippen molar-refractivity contribution in [1.82, 2.24) is 4.90 Å². The Morgan fingerprint density at radius 3 is 2.26 bits per heavy atom. The van der Waals surface area contributed by atoms with Crippen molar-refractivity contribution in [3.05, 3.63) is 59.9 Å². The molecule has 7 heteroatoms. The van der Waals surface area contributed by atoms with Gasteiger partial charge in [0.15, 0.2) is 0 Å². The number of benzene rings is 2. The molecule has 1 aliphatic rings. The number of halogens is 1. The van der Waals surface area contributed by atoms with Crippen LogP contribution < -0.4 is 4.72 Å². The summed E-state index contributed by atoms with van der Waals surface area (Å²) in [6.45, 7) is 4.03. The molecule has 1 amide bonds. The van der Waals surface area contributed by atoms with Gasteiger partial charge in [-0.3, -0.25) is 9.52 Å². The minimum atomic E-state index is -3.93. The molecular weight excluding hydrogens is 367 g/mol. The van der Waals surface area contributed by atoms with Crippen LogP contribution in [0, 0.1) is 5.82 Å². The highest BCUT2D eigenvalue weighted by molar-refractivity contribution is 7.92. The van der Waals surface area contributed by atoms with E-state index in [1.807, 2.05) is 18.7 Å². The molecule has 1 fully saturated rings. The van der Waals surface area contributed by atoms with Gasteiger partial charge in [-0.1, -0.05) is 12.1 Å². The van der Waals surface area contributed by atoms with Gasteiger partial charge >= 0.3 is 0 Å². The van der Waals surface area contributed by atoms with Gasteiger partial charge in [0.1, 0.15) is 5.82 Å². The molecule has 0 spiro atoms. The Morgan fingerprint density at radius 2 is 1.63 bits per heavy atom. The minimum absolute atomic E-state index is 0.0640. The first-order chi connectivity index (χ1) is 12.8. The van der Waals surface area contributed by atoms with Crippen LogP contribution >= 0.6 is 0 Å². The number of para-hydroxylation sites is 1. The highest BCUT2D eigenvalue weighted by Crippen LogP contribution is 2.28. The minimum Gasteiger partial charge on any atom is -0.333 e. The molecule has 3 rings (SSSR count). The first-order valence-corrected chi connectivity index (χ1v) is 10.5. The number of anilines is 1. The smallest absolute Gasteiger partial charge is 0.261 e. The Balaban J connectivity index is 1.92. The largest absolute Gasteiger partial charge is 0.333 e. The Kier molecular flexibility index (Phi) is 5.51. The van der Waals surface area contributed by atoms with E-state index in [0.29, 0.717) is 5.56 Å².